The minimum Gasteiger partial charge on any atom is -0.444 e. The number of hydrogen-bond donors (Lipinski definition) is 1. The molecule has 0 unspecified atom stereocenters. The molecular weight excluding hydrogens is 363 g/mol. The maximum atomic E-state index is 12.4. The van der Waals surface area contributed by atoms with E-state index in [2.05, 4.69) is 9.50 Å². The summed E-state index contributed by atoms with van der Waals surface area (Å²) in [5, 5.41) is 2.71. The van der Waals surface area contributed by atoms with Crippen molar-refractivity contribution < 1.29 is 35.3 Å². The van der Waals surface area contributed by atoms with Gasteiger partial charge in [-0.2, -0.15) is 21.6 Å². The van der Waals surface area contributed by atoms with Gasteiger partial charge in [0.15, 0.2) is 0 Å². The van der Waals surface area contributed by atoms with E-state index in [1.54, 1.807) is 20.8 Å². The molecule has 1 N–H and O–H groups in total. The van der Waals surface area contributed by atoms with Crippen LogP contribution >= 0.6 is 0 Å². The molecule has 0 aromatic heterocycles. The van der Waals surface area contributed by atoms with E-state index in [0.717, 1.165) is 0 Å². The highest BCUT2D eigenvalue weighted by atomic mass is 32.2. The van der Waals surface area contributed by atoms with Gasteiger partial charge in [-0.3, -0.25) is 0 Å². The highest BCUT2D eigenvalue weighted by Crippen LogP contribution is 2.34. The number of rotatable bonds is 4. The van der Waals surface area contributed by atoms with Gasteiger partial charge in [-0.05, 0) is 59.5 Å². The molecule has 0 aromatic carbocycles. The van der Waals surface area contributed by atoms with Crippen molar-refractivity contribution in [1.82, 2.24) is 5.32 Å². The number of alkyl halides is 3. The van der Waals surface area contributed by atoms with Crippen molar-refractivity contribution >= 4 is 16.2 Å². The standard InChI is InChI=1S/C15H24F3NO5S/c1-5-12(24-25(21,22)15(16,17)18)10-6-8-11(9-7-10)19-13(20)23-14(2,3)4/h5,10-11H,6-9H2,1-4H3,(H,19,20)/t10-,11-. The van der Waals surface area contributed by atoms with Gasteiger partial charge in [0, 0.05) is 12.0 Å². The Morgan fingerprint density at radius 1 is 1.12 bits per heavy atom. The zero-order valence-electron chi connectivity index (χ0n) is 14.6. The molecule has 0 heterocycles. The SMILES string of the molecule is CC=C(OS(=O)(=O)C(F)(F)F)[C@H]1CC[C@H](NC(=O)OC(C)(C)C)CC1. The van der Waals surface area contributed by atoms with Gasteiger partial charge in [0.05, 0.1) is 0 Å². The Kier molecular flexibility index (Phi) is 6.77. The molecule has 1 fully saturated rings. The average Bonchev–Trinajstić information content (AvgIpc) is 2.42. The van der Waals surface area contributed by atoms with Gasteiger partial charge in [-0.15, -0.1) is 0 Å². The van der Waals surface area contributed by atoms with E-state index in [4.69, 9.17) is 4.74 Å². The summed E-state index contributed by atoms with van der Waals surface area (Å²) in [7, 11) is -5.67. The van der Waals surface area contributed by atoms with Gasteiger partial charge >= 0.3 is 21.7 Å². The average molecular weight is 387 g/mol. The smallest absolute Gasteiger partial charge is 0.444 e. The first-order valence-corrected chi connectivity index (χ1v) is 9.32. The predicted octanol–water partition coefficient (Wildman–Crippen LogP) is 3.84. The van der Waals surface area contributed by atoms with Crippen LogP contribution in [0.4, 0.5) is 18.0 Å². The molecule has 10 heteroatoms. The molecule has 1 aliphatic carbocycles. The Bertz CT molecular complexity index is 600. The predicted molar refractivity (Wildman–Crippen MR) is 84.9 cm³/mol. The van der Waals surface area contributed by atoms with Gasteiger partial charge in [0.2, 0.25) is 0 Å². The summed E-state index contributed by atoms with van der Waals surface area (Å²) in [5.74, 6) is -0.660. The molecule has 1 rings (SSSR count). The van der Waals surface area contributed by atoms with Crippen LogP contribution in [0, 0.1) is 5.92 Å². The molecule has 0 bridgehead atoms. The number of alkyl carbamates (subject to hydrolysis) is 1. The Morgan fingerprint density at radius 2 is 1.64 bits per heavy atom. The fourth-order valence-electron chi connectivity index (χ4n) is 2.52. The molecule has 1 amide bonds. The van der Waals surface area contributed by atoms with Crippen molar-refractivity contribution in [2.45, 2.75) is 70.5 Å². The third kappa shape index (κ3) is 6.75. The van der Waals surface area contributed by atoms with E-state index < -0.39 is 33.2 Å². The van der Waals surface area contributed by atoms with E-state index in [-0.39, 0.29) is 11.8 Å². The Labute approximate surface area is 145 Å². The Balaban J connectivity index is 2.59. The molecule has 25 heavy (non-hydrogen) atoms. The van der Waals surface area contributed by atoms with Crippen LogP contribution < -0.4 is 5.32 Å². The van der Waals surface area contributed by atoms with Gasteiger partial charge < -0.3 is 14.2 Å². The number of carbonyl (C=O) groups excluding carboxylic acids is 1. The summed E-state index contributed by atoms with van der Waals surface area (Å²) in [6.45, 7) is 6.63. The van der Waals surface area contributed by atoms with Crippen LogP contribution in [-0.4, -0.2) is 31.7 Å². The summed E-state index contributed by atoms with van der Waals surface area (Å²) in [4.78, 5) is 11.7. The highest BCUT2D eigenvalue weighted by molar-refractivity contribution is 7.87. The molecule has 0 radical (unpaired) electrons. The lowest BCUT2D eigenvalue weighted by Crippen LogP contribution is -2.41. The summed E-state index contributed by atoms with van der Waals surface area (Å²) in [6.07, 6.45) is 2.43. The lowest BCUT2D eigenvalue weighted by molar-refractivity contribution is -0.0528. The fourth-order valence-corrected chi connectivity index (χ4v) is 3.10. The molecule has 0 saturated heterocycles. The second kappa shape index (κ2) is 7.84. The van der Waals surface area contributed by atoms with E-state index in [1.165, 1.54) is 13.0 Å². The second-order valence-electron chi connectivity index (χ2n) is 6.87. The van der Waals surface area contributed by atoms with Crippen molar-refractivity contribution in [3.8, 4) is 0 Å². The molecule has 0 spiro atoms. The molecule has 1 saturated carbocycles. The van der Waals surface area contributed by atoms with Crippen LogP contribution in [-0.2, 0) is 19.0 Å². The van der Waals surface area contributed by atoms with Crippen LogP contribution in [0.3, 0.4) is 0 Å². The quantitative estimate of drug-likeness (QED) is 0.450. The topological polar surface area (TPSA) is 81.7 Å². The molecule has 0 aromatic rings. The minimum absolute atomic E-state index is 0.177. The Hall–Kier alpha value is -1.45. The molecule has 146 valence electrons. The van der Waals surface area contributed by atoms with Crippen LogP contribution in [0.25, 0.3) is 0 Å². The van der Waals surface area contributed by atoms with Crippen LogP contribution in [0.15, 0.2) is 11.8 Å². The summed E-state index contributed by atoms with van der Waals surface area (Å²) in [5.41, 5.74) is -6.09. The van der Waals surface area contributed by atoms with Crippen molar-refractivity contribution in [1.29, 1.82) is 0 Å². The molecule has 6 nitrogen and oxygen atoms in total. The lowest BCUT2D eigenvalue weighted by atomic mass is 9.85. The molecule has 1 aliphatic rings. The number of hydrogen-bond acceptors (Lipinski definition) is 5. The van der Waals surface area contributed by atoms with Gasteiger partial charge in [-0.25, -0.2) is 4.79 Å². The molecular formula is C15H24F3NO5S. The van der Waals surface area contributed by atoms with Gasteiger partial charge in [-0.1, -0.05) is 0 Å². The first-order chi connectivity index (χ1) is 11.2. The number of carbonyl (C=O) groups is 1. The molecule has 0 aliphatic heterocycles. The number of halogens is 3. The third-order valence-electron chi connectivity index (χ3n) is 3.62. The van der Waals surface area contributed by atoms with E-state index in [0.29, 0.717) is 25.7 Å². The maximum absolute atomic E-state index is 12.4. The number of amides is 1. The normalized spacial score (nSPS) is 23.1. The third-order valence-corrected chi connectivity index (χ3v) is 4.60. The largest absolute Gasteiger partial charge is 0.534 e. The van der Waals surface area contributed by atoms with E-state index >= 15 is 0 Å². The van der Waals surface area contributed by atoms with Crippen molar-refractivity contribution in [2.75, 3.05) is 0 Å². The van der Waals surface area contributed by atoms with Crippen LogP contribution in [0.2, 0.25) is 0 Å². The fraction of sp³-hybridized carbons (Fsp3) is 0.800. The first kappa shape index (κ1) is 21.6. The highest BCUT2D eigenvalue weighted by Gasteiger charge is 2.49. The number of allylic oxidation sites excluding steroid dienone is 2. The zero-order chi connectivity index (χ0) is 19.5. The van der Waals surface area contributed by atoms with Crippen molar-refractivity contribution in [2.24, 2.45) is 5.92 Å². The van der Waals surface area contributed by atoms with Crippen LogP contribution in [0.1, 0.15) is 53.4 Å². The summed E-state index contributed by atoms with van der Waals surface area (Å²) in [6, 6.07) is -0.177. The maximum Gasteiger partial charge on any atom is 0.534 e. The number of ether oxygens (including phenoxy) is 1. The Morgan fingerprint density at radius 3 is 2.04 bits per heavy atom. The summed E-state index contributed by atoms with van der Waals surface area (Å²) < 4.78 is 69.0. The van der Waals surface area contributed by atoms with Gasteiger partial charge in [0.25, 0.3) is 0 Å². The first-order valence-electron chi connectivity index (χ1n) is 7.91. The zero-order valence-corrected chi connectivity index (χ0v) is 15.5. The number of nitrogens with one attached hydrogen (secondary N) is 1. The van der Waals surface area contributed by atoms with Crippen molar-refractivity contribution in [3.05, 3.63) is 11.8 Å². The minimum atomic E-state index is -5.67. The monoisotopic (exact) mass is 387 g/mol. The summed E-state index contributed by atoms with van der Waals surface area (Å²) >= 11 is 0. The lowest BCUT2D eigenvalue weighted by Gasteiger charge is -2.30. The second-order valence-corrected chi connectivity index (χ2v) is 8.41. The van der Waals surface area contributed by atoms with Crippen molar-refractivity contribution in [3.63, 3.8) is 0 Å². The molecule has 0 atom stereocenters. The van der Waals surface area contributed by atoms with Crippen LogP contribution in [0.5, 0.6) is 0 Å². The van der Waals surface area contributed by atoms with E-state index in [1.807, 2.05) is 0 Å². The van der Waals surface area contributed by atoms with Gasteiger partial charge in [0.1, 0.15) is 11.4 Å². The van der Waals surface area contributed by atoms with E-state index in [9.17, 15) is 26.4 Å².